The maximum absolute atomic E-state index is 8.64. The molecular formula is C19H23N5Si. The molecule has 128 valence electrons. The van der Waals surface area contributed by atoms with Crippen LogP contribution in [0.25, 0.3) is 21.5 Å². The van der Waals surface area contributed by atoms with Crippen molar-refractivity contribution in [1.29, 1.82) is 0 Å². The molecule has 0 fully saturated rings. The van der Waals surface area contributed by atoms with Crippen molar-refractivity contribution < 1.29 is 0 Å². The van der Waals surface area contributed by atoms with E-state index >= 15 is 0 Å². The summed E-state index contributed by atoms with van der Waals surface area (Å²) in [6, 6.07) is 14.6. The highest BCUT2D eigenvalue weighted by Gasteiger charge is 2.28. The summed E-state index contributed by atoms with van der Waals surface area (Å²) in [6.45, 7) is 8.38. The van der Waals surface area contributed by atoms with Crippen LogP contribution in [0.15, 0.2) is 53.8 Å². The molecule has 0 aliphatic carbocycles. The van der Waals surface area contributed by atoms with Gasteiger partial charge in [-0.3, -0.25) is 0 Å². The van der Waals surface area contributed by atoms with E-state index in [1.165, 1.54) is 21.8 Å². The molecule has 6 heteroatoms. The van der Waals surface area contributed by atoms with E-state index in [0.717, 1.165) is 18.6 Å². The van der Waals surface area contributed by atoms with Crippen LogP contribution in [-0.4, -0.2) is 24.2 Å². The predicted molar refractivity (Wildman–Crippen MR) is 106 cm³/mol. The van der Waals surface area contributed by atoms with Gasteiger partial charge in [0.25, 0.3) is 0 Å². The smallest absolute Gasteiger partial charge is 0.140 e. The first-order chi connectivity index (χ1) is 12.0. The number of hydrogen-bond donors (Lipinski definition) is 0. The van der Waals surface area contributed by atoms with E-state index in [1.54, 1.807) is 0 Å². The molecule has 2 heterocycles. The summed E-state index contributed by atoms with van der Waals surface area (Å²) in [6.07, 6.45) is 2.61. The number of fused-ring (bicyclic) bond motifs is 1. The molecule has 2 aromatic heterocycles. The quantitative estimate of drug-likeness (QED) is 0.280. The monoisotopic (exact) mass is 349 g/mol. The fraction of sp³-hybridized carbons (Fsp3) is 0.316. The Morgan fingerprint density at radius 3 is 2.56 bits per heavy atom. The van der Waals surface area contributed by atoms with Crippen LogP contribution in [-0.2, 0) is 13.0 Å². The molecule has 0 saturated carbocycles. The Bertz CT molecular complexity index is 918. The van der Waals surface area contributed by atoms with Crippen molar-refractivity contribution in [2.45, 2.75) is 32.6 Å². The molecule has 0 radical (unpaired) electrons. The third-order valence-corrected chi connectivity index (χ3v) is 6.33. The summed E-state index contributed by atoms with van der Waals surface area (Å²) in [5, 5.41) is 6.34. The molecule has 0 amide bonds. The highest BCUT2D eigenvalue weighted by atomic mass is 28.3. The van der Waals surface area contributed by atoms with Crippen molar-refractivity contribution in [3.8, 4) is 0 Å². The van der Waals surface area contributed by atoms with Gasteiger partial charge < -0.3 is 4.57 Å². The summed E-state index contributed by atoms with van der Waals surface area (Å²) < 4.78 is 2.38. The second-order valence-electron chi connectivity index (χ2n) is 7.23. The standard InChI is InChI=1S/C19H23N5Si/c1-25(2,3)19-17(11-13-22-23-20)16-10-7-12-21-18(16)24(19)14-15-8-5-4-6-9-15/h4-10,12H,11,13-14H2,1-3H3. The SMILES string of the molecule is C[Si](C)(C)c1c(CCN=[N+]=[N-])c2cccnc2n1Cc1ccccc1. The first kappa shape index (κ1) is 17.3. The third kappa shape index (κ3) is 3.60. The number of pyridine rings is 1. The van der Waals surface area contributed by atoms with Crippen LogP contribution in [0.4, 0.5) is 0 Å². The molecule has 0 spiro atoms. The zero-order valence-corrected chi connectivity index (χ0v) is 16.0. The summed E-state index contributed by atoms with van der Waals surface area (Å²) in [4.78, 5) is 7.59. The van der Waals surface area contributed by atoms with E-state index in [1.807, 2.05) is 18.3 Å². The van der Waals surface area contributed by atoms with Crippen molar-refractivity contribution in [1.82, 2.24) is 9.55 Å². The molecule has 0 aliphatic rings. The summed E-state index contributed by atoms with van der Waals surface area (Å²) in [5.74, 6) is 0. The molecule has 0 atom stereocenters. The number of azide groups is 1. The Morgan fingerprint density at radius 2 is 1.88 bits per heavy atom. The summed E-state index contributed by atoms with van der Waals surface area (Å²) in [7, 11) is -1.63. The van der Waals surface area contributed by atoms with E-state index in [2.05, 4.69) is 69.5 Å². The van der Waals surface area contributed by atoms with Crippen molar-refractivity contribution in [3.63, 3.8) is 0 Å². The van der Waals surface area contributed by atoms with Gasteiger partial charge in [-0.1, -0.05) is 55.1 Å². The van der Waals surface area contributed by atoms with E-state index in [4.69, 9.17) is 5.53 Å². The minimum absolute atomic E-state index is 0.479. The molecule has 5 nitrogen and oxygen atoms in total. The zero-order chi connectivity index (χ0) is 17.9. The number of aromatic nitrogens is 2. The maximum atomic E-state index is 8.64. The topological polar surface area (TPSA) is 66.6 Å². The van der Waals surface area contributed by atoms with E-state index in [-0.39, 0.29) is 0 Å². The minimum atomic E-state index is -1.63. The van der Waals surface area contributed by atoms with E-state index in [9.17, 15) is 0 Å². The molecule has 1 aromatic carbocycles. The van der Waals surface area contributed by atoms with E-state index < -0.39 is 8.07 Å². The van der Waals surface area contributed by atoms with Crippen LogP contribution in [0.3, 0.4) is 0 Å². The van der Waals surface area contributed by atoms with Gasteiger partial charge in [-0.05, 0) is 35.2 Å². The van der Waals surface area contributed by atoms with Gasteiger partial charge in [0.1, 0.15) is 5.65 Å². The highest BCUT2D eigenvalue weighted by Crippen LogP contribution is 2.23. The van der Waals surface area contributed by atoms with Gasteiger partial charge in [0.15, 0.2) is 0 Å². The van der Waals surface area contributed by atoms with Crippen molar-refractivity contribution in [2.75, 3.05) is 6.54 Å². The lowest BCUT2D eigenvalue weighted by Gasteiger charge is -2.22. The first-order valence-electron chi connectivity index (χ1n) is 8.53. The molecule has 0 saturated heterocycles. The molecule has 25 heavy (non-hydrogen) atoms. The Balaban J connectivity index is 2.21. The van der Waals surface area contributed by atoms with Gasteiger partial charge >= 0.3 is 0 Å². The van der Waals surface area contributed by atoms with Gasteiger partial charge in [0.2, 0.25) is 0 Å². The minimum Gasteiger partial charge on any atom is -0.329 e. The molecule has 0 unspecified atom stereocenters. The summed E-state index contributed by atoms with van der Waals surface area (Å²) >= 11 is 0. The second kappa shape index (κ2) is 7.13. The molecule has 0 aliphatic heterocycles. The molecule has 0 bridgehead atoms. The van der Waals surface area contributed by atoms with Crippen LogP contribution in [0.1, 0.15) is 11.1 Å². The number of benzene rings is 1. The van der Waals surface area contributed by atoms with Crippen molar-refractivity contribution in [3.05, 3.63) is 70.2 Å². The predicted octanol–water partition coefficient (Wildman–Crippen LogP) is 4.48. The largest absolute Gasteiger partial charge is 0.329 e. The number of rotatable bonds is 6. The normalized spacial score (nSPS) is 11.5. The summed E-state index contributed by atoms with van der Waals surface area (Å²) in [5.41, 5.74) is 12.2. The lowest BCUT2D eigenvalue weighted by atomic mass is 10.1. The third-order valence-electron chi connectivity index (χ3n) is 4.34. The molecule has 3 rings (SSSR count). The zero-order valence-electron chi connectivity index (χ0n) is 15.0. The van der Waals surface area contributed by atoms with Crippen molar-refractivity contribution >= 4 is 24.4 Å². The van der Waals surface area contributed by atoms with Crippen LogP contribution in [0, 0.1) is 0 Å². The van der Waals surface area contributed by atoms with Crippen molar-refractivity contribution in [2.24, 2.45) is 5.11 Å². The lowest BCUT2D eigenvalue weighted by Crippen LogP contribution is -2.45. The van der Waals surface area contributed by atoms with Crippen LogP contribution in [0.2, 0.25) is 19.6 Å². The average molecular weight is 350 g/mol. The Kier molecular flexibility index (Phi) is 4.92. The van der Waals surface area contributed by atoms with E-state index in [0.29, 0.717) is 6.54 Å². The van der Waals surface area contributed by atoms with Gasteiger partial charge in [-0.15, -0.1) is 0 Å². The van der Waals surface area contributed by atoms with Gasteiger partial charge in [0, 0.05) is 34.9 Å². The number of hydrogen-bond acceptors (Lipinski definition) is 2. The highest BCUT2D eigenvalue weighted by molar-refractivity contribution is 6.88. The Labute approximate surface area is 149 Å². The number of nitrogens with zero attached hydrogens (tertiary/aromatic N) is 5. The molecule has 3 aromatic rings. The maximum Gasteiger partial charge on any atom is 0.140 e. The Morgan fingerprint density at radius 1 is 1.12 bits per heavy atom. The van der Waals surface area contributed by atoms with Crippen LogP contribution in [0.5, 0.6) is 0 Å². The van der Waals surface area contributed by atoms with Gasteiger partial charge in [-0.2, -0.15) is 0 Å². The first-order valence-corrected chi connectivity index (χ1v) is 12.0. The molecular weight excluding hydrogens is 326 g/mol. The van der Waals surface area contributed by atoms with Crippen LogP contribution < -0.4 is 5.32 Å². The fourth-order valence-corrected chi connectivity index (χ4v) is 5.64. The van der Waals surface area contributed by atoms with Gasteiger partial charge in [-0.25, -0.2) is 4.98 Å². The average Bonchev–Trinajstić information content (AvgIpc) is 2.90. The Hall–Kier alpha value is -2.56. The van der Waals surface area contributed by atoms with Crippen LogP contribution >= 0.6 is 0 Å². The van der Waals surface area contributed by atoms with Gasteiger partial charge in [0.05, 0.1) is 8.07 Å². The lowest BCUT2D eigenvalue weighted by molar-refractivity contribution is 0.838. The second-order valence-corrected chi connectivity index (χ2v) is 12.2. The molecule has 0 N–H and O–H groups in total. The fourth-order valence-electron chi connectivity index (χ4n) is 3.48.